The van der Waals surface area contributed by atoms with Crippen LogP contribution in [0.1, 0.15) is 42.6 Å². The summed E-state index contributed by atoms with van der Waals surface area (Å²) in [5, 5.41) is 7.72. The third kappa shape index (κ3) is 5.49. The van der Waals surface area contributed by atoms with E-state index < -0.39 is 23.9 Å². The molecule has 1 saturated carbocycles. The van der Waals surface area contributed by atoms with Crippen molar-refractivity contribution in [3.05, 3.63) is 35.0 Å². The monoisotopic (exact) mass is 516 g/mol. The smallest absolute Gasteiger partial charge is 0.312 e. The van der Waals surface area contributed by atoms with Gasteiger partial charge in [-0.1, -0.05) is 11.6 Å². The molecule has 1 aromatic heterocycles. The van der Waals surface area contributed by atoms with Gasteiger partial charge in [-0.2, -0.15) is 0 Å². The van der Waals surface area contributed by atoms with Crippen LogP contribution in [0.2, 0.25) is 5.02 Å². The molecule has 2 heterocycles. The van der Waals surface area contributed by atoms with Crippen molar-refractivity contribution in [2.45, 2.75) is 50.2 Å². The van der Waals surface area contributed by atoms with Crippen LogP contribution in [0, 0.1) is 5.92 Å². The summed E-state index contributed by atoms with van der Waals surface area (Å²) in [7, 11) is 3.40. The van der Waals surface area contributed by atoms with E-state index in [0.717, 1.165) is 10.9 Å². The van der Waals surface area contributed by atoms with Crippen LogP contribution in [-0.2, 0) is 14.4 Å². The molecule has 2 aromatic rings. The lowest BCUT2D eigenvalue weighted by atomic mass is 9.79. The largest absolute Gasteiger partial charge is 0.361 e. The number of nitrogens with one attached hydrogen (secondary N) is 3. The molecule has 10 nitrogen and oxygen atoms in total. The number of amides is 4. The minimum atomic E-state index is -1.04. The minimum Gasteiger partial charge on any atom is -0.361 e. The second kappa shape index (κ2) is 10.9. The summed E-state index contributed by atoms with van der Waals surface area (Å²) in [6, 6.07) is 5.85. The second-order valence-corrected chi connectivity index (χ2v) is 10.3. The Bertz CT molecular complexity index is 1160. The Morgan fingerprint density at radius 1 is 1.06 bits per heavy atom. The highest BCUT2D eigenvalue weighted by Gasteiger charge is 2.43. The number of carbonyl (C=O) groups is 4. The summed E-state index contributed by atoms with van der Waals surface area (Å²) in [4.78, 5) is 57.5. The number of halogens is 1. The maximum atomic E-state index is 13.3. The van der Waals surface area contributed by atoms with E-state index in [9.17, 15) is 19.2 Å². The predicted octanol–water partition coefficient (Wildman–Crippen LogP) is 1.24. The molecule has 194 valence electrons. The SMILES string of the molecule is CN(C)C(=O)[C@H]1CC[C@H](NC(=O)c2cc3cc(Cl)ccc3[nH]2)[C@H](N(C(=O)C(N)=O)C2CCNCC2)C1. The van der Waals surface area contributed by atoms with Crippen LogP contribution in [0.4, 0.5) is 0 Å². The van der Waals surface area contributed by atoms with Crippen molar-refractivity contribution in [2.24, 2.45) is 11.7 Å². The van der Waals surface area contributed by atoms with Gasteiger partial charge in [-0.05, 0) is 69.5 Å². The third-order valence-electron chi connectivity index (χ3n) is 7.26. The van der Waals surface area contributed by atoms with Crippen molar-refractivity contribution < 1.29 is 19.2 Å². The van der Waals surface area contributed by atoms with Gasteiger partial charge in [0.1, 0.15) is 5.69 Å². The first-order chi connectivity index (χ1) is 17.2. The van der Waals surface area contributed by atoms with E-state index in [1.54, 1.807) is 48.2 Å². The molecular weight excluding hydrogens is 484 g/mol. The number of piperidine rings is 1. The number of hydrogen-bond acceptors (Lipinski definition) is 5. The molecule has 1 saturated heterocycles. The van der Waals surface area contributed by atoms with Crippen molar-refractivity contribution in [2.75, 3.05) is 27.2 Å². The van der Waals surface area contributed by atoms with Gasteiger partial charge in [0.2, 0.25) is 5.91 Å². The predicted molar refractivity (Wildman–Crippen MR) is 136 cm³/mol. The fourth-order valence-corrected chi connectivity index (χ4v) is 5.66. The molecule has 36 heavy (non-hydrogen) atoms. The van der Waals surface area contributed by atoms with Crippen molar-refractivity contribution in [1.82, 2.24) is 25.4 Å². The summed E-state index contributed by atoms with van der Waals surface area (Å²) < 4.78 is 0. The van der Waals surface area contributed by atoms with Gasteiger partial charge >= 0.3 is 11.8 Å². The molecule has 1 aliphatic heterocycles. The molecule has 0 radical (unpaired) electrons. The number of primary amides is 1. The molecule has 2 fully saturated rings. The van der Waals surface area contributed by atoms with Crippen molar-refractivity contribution in [3.8, 4) is 0 Å². The van der Waals surface area contributed by atoms with Gasteiger partial charge in [0.05, 0.1) is 6.04 Å². The van der Waals surface area contributed by atoms with E-state index in [0.29, 0.717) is 55.9 Å². The number of benzene rings is 1. The maximum Gasteiger partial charge on any atom is 0.312 e. The van der Waals surface area contributed by atoms with Crippen LogP contribution >= 0.6 is 11.6 Å². The first-order valence-corrected chi connectivity index (χ1v) is 12.7. The fraction of sp³-hybridized carbons (Fsp3) is 0.520. The Balaban J connectivity index is 1.63. The Labute approximate surface area is 214 Å². The van der Waals surface area contributed by atoms with E-state index in [1.807, 2.05) is 0 Å². The van der Waals surface area contributed by atoms with Crippen molar-refractivity contribution >= 4 is 46.1 Å². The number of rotatable bonds is 5. The number of nitrogens with two attached hydrogens (primary N) is 1. The molecule has 2 aliphatic rings. The summed E-state index contributed by atoms with van der Waals surface area (Å²) in [5.74, 6) is -2.49. The minimum absolute atomic E-state index is 0.0333. The molecular formula is C25H33ClN6O4. The summed E-state index contributed by atoms with van der Waals surface area (Å²) >= 11 is 6.08. The quantitative estimate of drug-likeness (QED) is 0.442. The molecule has 1 aromatic carbocycles. The zero-order valence-electron chi connectivity index (χ0n) is 20.6. The average molecular weight is 517 g/mol. The van der Waals surface area contributed by atoms with E-state index in [2.05, 4.69) is 15.6 Å². The van der Waals surface area contributed by atoms with Crippen molar-refractivity contribution in [3.63, 3.8) is 0 Å². The first kappa shape index (κ1) is 26.0. The first-order valence-electron chi connectivity index (χ1n) is 12.3. The van der Waals surface area contributed by atoms with Crippen LogP contribution in [0.25, 0.3) is 10.9 Å². The summed E-state index contributed by atoms with van der Waals surface area (Å²) in [6.07, 6.45) is 2.70. The maximum absolute atomic E-state index is 13.3. The van der Waals surface area contributed by atoms with Crippen LogP contribution in [0.15, 0.2) is 24.3 Å². The Morgan fingerprint density at radius 3 is 2.44 bits per heavy atom. The Hall–Kier alpha value is -3.11. The number of hydrogen-bond donors (Lipinski definition) is 4. The molecule has 11 heteroatoms. The highest BCUT2D eigenvalue weighted by atomic mass is 35.5. The highest BCUT2D eigenvalue weighted by molar-refractivity contribution is 6.34. The normalized spacial score (nSPS) is 22.7. The standard InChI is InChI=1S/C25H33ClN6O4/c1-31(2)24(35)14-3-5-19(30-23(34)20-12-15-11-16(26)4-6-18(15)29-20)21(13-14)32(25(36)22(27)33)17-7-9-28-10-8-17/h4,6,11-12,14,17,19,21,28-29H,3,5,7-10,13H2,1-2H3,(H2,27,33)(H,30,34)/t14-,19-,21+/m0/s1. The number of H-pyrrole nitrogens is 1. The lowest BCUT2D eigenvalue weighted by Crippen LogP contribution is -2.62. The third-order valence-corrected chi connectivity index (χ3v) is 7.49. The van der Waals surface area contributed by atoms with Gasteiger partial charge in [0.25, 0.3) is 5.91 Å². The zero-order valence-corrected chi connectivity index (χ0v) is 21.3. The van der Waals surface area contributed by atoms with Crippen LogP contribution in [0.5, 0.6) is 0 Å². The van der Waals surface area contributed by atoms with E-state index in [1.165, 1.54) is 0 Å². The molecule has 4 rings (SSSR count). The molecule has 0 bridgehead atoms. The lowest BCUT2D eigenvalue weighted by molar-refractivity contribution is -0.150. The van der Waals surface area contributed by atoms with Gasteiger partial charge in [0, 0.05) is 48.0 Å². The fourth-order valence-electron chi connectivity index (χ4n) is 5.48. The molecule has 4 amide bonds. The lowest BCUT2D eigenvalue weighted by Gasteiger charge is -2.46. The van der Waals surface area contributed by atoms with Crippen LogP contribution in [0.3, 0.4) is 0 Å². The number of nitrogens with zero attached hydrogens (tertiary/aromatic N) is 2. The van der Waals surface area contributed by atoms with Gasteiger partial charge < -0.3 is 31.2 Å². The van der Waals surface area contributed by atoms with Crippen LogP contribution < -0.4 is 16.4 Å². The van der Waals surface area contributed by atoms with Gasteiger partial charge in [-0.3, -0.25) is 19.2 Å². The van der Waals surface area contributed by atoms with E-state index in [-0.39, 0.29) is 23.8 Å². The van der Waals surface area contributed by atoms with Gasteiger partial charge in [-0.15, -0.1) is 0 Å². The van der Waals surface area contributed by atoms with E-state index >= 15 is 0 Å². The number of carbonyl (C=O) groups excluding carboxylic acids is 4. The topological polar surface area (TPSA) is 141 Å². The second-order valence-electron chi connectivity index (χ2n) is 9.86. The average Bonchev–Trinajstić information content (AvgIpc) is 3.28. The van der Waals surface area contributed by atoms with Gasteiger partial charge in [-0.25, -0.2) is 0 Å². The number of aromatic nitrogens is 1. The molecule has 0 spiro atoms. The molecule has 3 atom stereocenters. The summed E-state index contributed by atoms with van der Waals surface area (Å²) in [6.45, 7) is 1.41. The summed E-state index contributed by atoms with van der Waals surface area (Å²) in [5.41, 5.74) is 6.61. The number of fused-ring (bicyclic) bond motifs is 1. The van der Waals surface area contributed by atoms with E-state index in [4.69, 9.17) is 17.3 Å². The molecule has 5 N–H and O–H groups in total. The van der Waals surface area contributed by atoms with Crippen molar-refractivity contribution in [1.29, 1.82) is 0 Å². The number of aromatic amines is 1. The van der Waals surface area contributed by atoms with Gasteiger partial charge in [0.15, 0.2) is 0 Å². The molecule has 1 aliphatic carbocycles. The highest BCUT2D eigenvalue weighted by Crippen LogP contribution is 2.32. The zero-order chi connectivity index (χ0) is 26.0. The Morgan fingerprint density at radius 2 is 1.78 bits per heavy atom. The molecule has 0 unspecified atom stereocenters. The van der Waals surface area contributed by atoms with Crippen LogP contribution in [-0.4, -0.2) is 83.7 Å². The Kier molecular flexibility index (Phi) is 7.85.